The number of benzene rings is 2. The van der Waals surface area contributed by atoms with E-state index in [0.29, 0.717) is 29.5 Å². The van der Waals surface area contributed by atoms with Crippen LogP contribution in [0.3, 0.4) is 0 Å². The predicted molar refractivity (Wildman–Crippen MR) is 101 cm³/mol. The van der Waals surface area contributed by atoms with Crippen LogP contribution in [0.25, 0.3) is 11.6 Å². The number of anilines is 1. The van der Waals surface area contributed by atoms with Gasteiger partial charge in [-0.05, 0) is 24.1 Å². The smallest absolute Gasteiger partial charge is 0.259 e. The van der Waals surface area contributed by atoms with Crippen molar-refractivity contribution < 1.29 is 14.3 Å². The van der Waals surface area contributed by atoms with E-state index in [2.05, 4.69) is 13.8 Å². The van der Waals surface area contributed by atoms with Crippen LogP contribution in [-0.2, 0) is 4.79 Å². The van der Waals surface area contributed by atoms with E-state index >= 15 is 0 Å². The van der Waals surface area contributed by atoms with E-state index in [4.69, 9.17) is 9.47 Å². The van der Waals surface area contributed by atoms with Crippen molar-refractivity contribution in [3.8, 4) is 11.5 Å². The van der Waals surface area contributed by atoms with Gasteiger partial charge in [0.15, 0.2) is 11.5 Å². The van der Waals surface area contributed by atoms with Crippen molar-refractivity contribution >= 4 is 23.2 Å². The normalized spacial score (nSPS) is 15.0. The number of nitrogens with zero attached hydrogens (tertiary/aromatic N) is 1. The highest BCUT2D eigenvalue weighted by atomic mass is 16.5. The molecule has 0 unspecified atom stereocenters. The van der Waals surface area contributed by atoms with E-state index < -0.39 is 0 Å². The zero-order valence-electron chi connectivity index (χ0n) is 15.1. The Hall–Kier alpha value is -2.75. The van der Waals surface area contributed by atoms with Crippen molar-refractivity contribution in [2.24, 2.45) is 5.92 Å². The number of amides is 1. The quantitative estimate of drug-likeness (QED) is 0.766. The summed E-state index contributed by atoms with van der Waals surface area (Å²) < 4.78 is 10.9. The van der Waals surface area contributed by atoms with Crippen molar-refractivity contribution in [2.45, 2.75) is 13.8 Å². The van der Waals surface area contributed by atoms with Gasteiger partial charge >= 0.3 is 0 Å². The number of fused-ring (bicyclic) bond motifs is 1. The first-order chi connectivity index (χ1) is 12.1. The number of carbonyl (C=O) groups excluding carboxylic acids is 1. The van der Waals surface area contributed by atoms with E-state index in [1.165, 1.54) is 0 Å². The Labute approximate surface area is 148 Å². The summed E-state index contributed by atoms with van der Waals surface area (Å²) in [5.74, 6) is 1.70. The molecule has 0 N–H and O–H groups in total. The second-order valence-corrected chi connectivity index (χ2v) is 6.47. The molecule has 0 saturated heterocycles. The van der Waals surface area contributed by atoms with Crippen molar-refractivity contribution in [1.29, 1.82) is 0 Å². The van der Waals surface area contributed by atoms with E-state index in [-0.39, 0.29) is 5.91 Å². The Bertz CT molecular complexity index is 824. The highest BCUT2D eigenvalue weighted by molar-refractivity contribution is 6.35. The van der Waals surface area contributed by atoms with Crippen molar-refractivity contribution in [1.82, 2.24) is 0 Å². The lowest BCUT2D eigenvalue weighted by Crippen LogP contribution is -2.30. The Morgan fingerprint density at radius 2 is 1.80 bits per heavy atom. The minimum Gasteiger partial charge on any atom is -0.493 e. The van der Waals surface area contributed by atoms with Crippen LogP contribution in [0.1, 0.15) is 25.0 Å². The Kier molecular flexibility index (Phi) is 4.79. The monoisotopic (exact) mass is 337 g/mol. The first-order valence-corrected chi connectivity index (χ1v) is 8.40. The molecule has 1 heterocycles. The summed E-state index contributed by atoms with van der Waals surface area (Å²) in [6, 6.07) is 13.6. The van der Waals surface area contributed by atoms with Crippen molar-refractivity contribution in [3.05, 3.63) is 53.6 Å². The molecule has 2 aromatic carbocycles. The number of hydrogen-bond donors (Lipinski definition) is 0. The molecule has 1 amide bonds. The molecule has 0 aromatic heterocycles. The zero-order chi connectivity index (χ0) is 18.0. The second-order valence-electron chi connectivity index (χ2n) is 6.47. The van der Waals surface area contributed by atoms with Crippen LogP contribution >= 0.6 is 0 Å². The number of hydrogen-bond acceptors (Lipinski definition) is 3. The van der Waals surface area contributed by atoms with E-state index in [1.54, 1.807) is 14.2 Å². The molecule has 0 fully saturated rings. The molecule has 130 valence electrons. The Morgan fingerprint density at radius 3 is 2.48 bits per heavy atom. The highest BCUT2D eigenvalue weighted by Gasteiger charge is 2.32. The lowest BCUT2D eigenvalue weighted by molar-refractivity contribution is -0.113. The van der Waals surface area contributed by atoms with Gasteiger partial charge in [-0.2, -0.15) is 0 Å². The number of ether oxygens (including phenoxy) is 2. The van der Waals surface area contributed by atoms with Gasteiger partial charge in [0.05, 0.1) is 19.9 Å². The first-order valence-electron chi connectivity index (χ1n) is 8.40. The molecule has 4 nitrogen and oxygen atoms in total. The molecule has 2 aromatic rings. The van der Waals surface area contributed by atoms with Gasteiger partial charge in [-0.1, -0.05) is 44.2 Å². The van der Waals surface area contributed by atoms with Gasteiger partial charge in [-0.15, -0.1) is 0 Å². The maximum absolute atomic E-state index is 13.0. The average Bonchev–Trinajstić information content (AvgIpc) is 2.87. The molecule has 25 heavy (non-hydrogen) atoms. The standard InChI is InChI=1S/C21H23NO3/c1-14(2)13-22-18-10-6-5-9-16(18)17(21(22)23)12-15-8-7-11-19(24-3)20(15)25-4/h5-12,14H,13H2,1-4H3/b17-12-. The van der Waals surface area contributed by atoms with E-state index in [0.717, 1.165) is 16.8 Å². The summed E-state index contributed by atoms with van der Waals surface area (Å²) in [5.41, 5.74) is 3.43. The maximum Gasteiger partial charge on any atom is 0.259 e. The van der Waals surface area contributed by atoms with Gasteiger partial charge in [-0.25, -0.2) is 0 Å². The number of rotatable bonds is 5. The average molecular weight is 337 g/mol. The minimum atomic E-state index is 0.0276. The van der Waals surface area contributed by atoms with E-state index in [1.807, 2.05) is 53.4 Å². The fourth-order valence-electron chi connectivity index (χ4n) is 3.17. The number of methoxy groups -OCH3 is 2. The van der Waals surface area contributed by atoms with Crippen LogP contribution in [-0.4, -0.2) is 26.7 Å². The van der Waals surface area contributed by atoms with Crippen LogP contribution in [0.5, 0.6) is 11.5 Å². The zero-order valence-corrected chi connectivity index (χ0v) is 15.1. The van der Waals surface area contributed by atoms with Crippen LogP contribution in [0.15, 0.2) is 42.5 Å². The van der Waals surface area contributed by atoms with Gasteiger partial charge in [0.1, 0.15) is 0 Å². The molecule has 0 bridgehead atoms. The third kappa shape index (κ3) is 3.12. The molecule has 0 saturated carbocycles. The third-order valence-electron chi connectivity index (χ3n) is 4.24. The number of carbonyl (C=O) groups is 1. The molecule has 0 spiro atoms. The van der Waals surface area contributed by atoms with Crippen LogP contribution in [0.4, 0.5) is 5.69 Å². The van der Waals surface area contributed by atoms with Gasteiger partial charge in [0, 0.05) is 23.2 Å². The van der Waals surface area contributed by atoms with Gasteiger partial charge in [-0.3, -0.25) is 4.79 Å². The summed E-state index contributed by atoms with van der Waals surface area (Å²) in [5, 5.41) is 0. The van der Waals surface area contributed by atoms with Crippen LogP contribution in [0.2, 0.25) is 0 Å². The van der Waals surface area contributed by atoms with Gasteiger partial charge in [0.2, 0.25) is 0 Å². The van der Waals surface area contributed by atoms with Gasteiger partial charge < -0.3 is 14.4 Å². The fraction of sp³-hybridized carbons (Fsp3) is 0.286. The highest BCUT2D eigenvalue weighted by Crippen LogP contribution is 2.40. The second kappa shape index (κ2) is 7.01. The lowest BCUT2D eigenvalue weighted by Gasteiger charge is -2.19. The van der Waals surface area contributed by atoms with Crippen molar-refractivity contribution in [2.75, 3.05) is 25.7 Å². The summed E-state index contributed by atoms with van der Waals surface area (Å²) in [4.78, 5) is 14.9. The van der Waals surface area contributed by atoms with Gasteiger partial charge in [0.25, 0.3) is 5.91 Å². The van der Waals surface area contributed by atoms with Crippen LogP contribution < -0.4 is 14.4 Å². The summed E-state index contributed by atoms with van der Waals surface area (Å²) in [6.07, 6.45) is 1.89. The Morgan fingerprint density at radius 1 is 1.04 bits per heavy atom. The lowest BCUT2D eigenvalue weighted by atomic mass is 10.0. The SMILES string of the molecule is COc1cccc(/C=C2\C(=O)N(CC(C)C)c3ccccc32)c1OC. The molecule has 4 heteroatoms. The van der Waals surface area contributed by atoms with Crippen molar-refractivity contribution in [3.63, 3.8) is 0 Å². The number of para-hydroxylation sites is 2. The molecule has 0 radical (unpaired) electrons. The van der Waals surface area contributed by atoms with E-state index in [9.17, 15) is 4.79 Å². The third-order valence-corrected chi connectivity index (χ3v) is 4.24. The summed E-state index contributed by atoms with van der Waals surface area (Å²) in [6.45, 7) is 4.92. The molecule has 3 rings (SSSR count). The largest absolute Gasteiger partial charge is 0.493 e. The molecule has 1 aliphatic heterocycles. The van der Waals surface area contributed by atoms with Crippen LogP contribution in [0, 0.1) is 5.92 Å². The maximum atomic E-state index is 13.0. The topological polar surface area (TPSA) is 38.8 Å². The molecule has 1 aliphatic rings. The first kappa shape index (κ1) is 17.1. The molecular weight excluding hydrogens is 314 g/mol. The molecule has 0 atom stereocenters. The fourth-order valence-corrected chi connectivity index (χ4v) is 3.17. The molecular formula is C21H23NO3. The molecule has 0 aliphatic carbocycles. The predicted octanol–water partition coefficient (Wildman–Crippen LogP) is 4.25. The Balaban J connectivity index is 2.12. The summed E-state index contributed by atoms with van der Waals surface area (Å²) in [7, 11) is 3.21. The minimum absolute atomic E-state index is 0.0276. The summed E-state index contributed by atoms with van der Waals surface area (Å²) >= 11 is 0.